The first kappa shape index (κ1) is 11.3. The molecule has 2 N–H and O–H groups in total. The largest absolute Gasteiger partial charge is 0.440 e. The molecule has 80 valence electrons. The highest BCUT2D eigenvalue weighted by molar-refractivity contribution is 7.71. The lowest BCUT2D eigenvalue weighted by Crippen LogP contribution is -2.20. The molecule has 7 heteroatoms. The fourth-order valence-corrected chi connectivity index (χ4v) is 5.47. The average molecular weight is 259 g/mol. The molecule has 0 amide bonds. The van der Waals surface area contributed by atoms with Gasteiger partial charge in [0, 0.05) is 15.1 Å². The summed E-state index contributed by atoms with van der Waals surface area (Å²) in [7, 11) is 0.309. The van der Waals surface area contributed by atoms with Crippen LogP contribution in [0, 0.1) is 0 Å². The number of rotatable bonds is 3. The molecule has 3 atom stereocenters. The van der Waals surface area contributed by atoms with Crippen LogP contribution < -0.4 is 14.2 Å². The van der Waals surface area contributed by atoms with Crippen LogP contribution in [0.5, 0.6) is 5.75 Å². The molecule has 0 radical (unpaired) electrons. The minimum absolute atomic E-state index is 0.544. The predicted octanol–water partition coefficient (Wildman–Crippen LogP) is 2.95. The molecule has 0 aliphatic carbocycles. The van der Waals surface area contributed by atoms with Crippen molar-refractivity contribution in [3.63, 3.8) is 0 Å². The number of benzene rings is 1. The molecule has 4 nitrogen and oxygen atoms in total. The van der Waals surface area contributed by atoms with E-state index in [9.17, 15) is 0 Å². The van der Waals surface area contributed by atoms with Crippen molar-refractivity contribution in [2.24, 2.45) is 0 Å². The molecular weight excluding hydrogens is 247 g/mol. The van der Waals surface area contributed by atoms with Gasteiger partial charge in [-0.3, -0.25) is 4.44 Å². The Labute approximate surface area is 94.2 Å². The fraction of sp³-hybridized carbons (Fsp3) is 0. The lowest BCUT2D eigenvalue weighted by Gasteiger charge is -2.32. The molecule has 1 fully saturated rings. The Balaban J connectivity index is 2.00. The highest BCUT2D eigenvalue weighted by atomic mass is 31.2. The summed E-state index contributed by atoms with van der Waals surface area (Å²) < 4.78 is 7.90. The van der Waals surface area contributed by atoms with E-state index in [1.54, 1.807) is 6.20 Å². The molecule has 1 aliphatic heterocycles. The summed E-state index contributed by atoms with van der Waals surface area (Å²) in [6.07, 6.45) is 1.80. The van der Waals surface area contributed by atoms with E-state index in [1.165, 1.54) is 0 Å². The first-order valence-corrected chi connectivity index (χ1v) is 7.52. The molecule has 3 unspecified atom stereocenters. The van der Waals surface area contributed by atoms with E-state index in [0.717, 1.165) is 5.75 Å². The highest BCUT2D eigenvalue weighted by Crippen LogP contribution is 2.51. The molecule has 1 aliphatic rings. The van der Waals surface area contributed by atoms with Gasteiger partial charge in [0.1, 0.15) is 5.75 Å². The van der Waals surface area contributed by atoms with Gasteiger partial charge in [0.15, 0.2) is 0 Å². The maximum atomic E-state index is 5.84. The molecular formula is C8H12N3OP3. The second-order valence-corrected chi connectivity index (χ2v) is 7.06. The number of nitrogens with zero attached hydrogens (tertiary/aromatic N) is 1. The molecule has 1 saturated heterocycles. The van der Waals surface area contributed by atoms with Crippen LogP contribution in [0.2, 0.25) is 0 Å². The van der Waals surface area contributed by atoms with Crippen molar-refractivity contribution in [2.45, 2.75) is 0 Å². The minimum Gasteiger partial charge on any atom is -0.440 e. The van der Waals surface area contributed by atoms with Crippen LogP contribution in [0.4, 0.5) is 0 Å². The summed E-state index contributed by atoms with van der Waals surface area (Å²) in [5.41, 5.74) is 0. The van der Waals surface area contributed by atoms with Crippen molar-refractivity contribution in [3.8, 4) is 5.75 Å². The summed E-state index contributed by atoms with van der Waals surface area (Å²) in [5, 5.41) is 0. The Bertz CT molecular complexity index is 324. The Morgan fingerprint density at radius 2 is 2.20 bits per heavy atom. The summed E-state index contributed by atoms with van der Waals surface area (Å²) in [5.74, 6) is 0.888. The van der Waals surface area contributed by atoms with Gasteiger partial charge in [-0.05, 0) is 12.1 Å². The van der Waals surface area contributed by atoms with Gasteiger partial charge in [0.25, 0.3) is 8.45 Å². The molecule has 0 saturated carbocycles. The van der Waals surface area contributed by atoms with E-state index < -0.39 is 8.45 Å². The second-order valence-electron chi connectivity index (χ2n) is 2.68. The van der Waals surface area contributed by atoms with Crippen molar-refractivity contribution in [1.82, 2.24) is 14.2 Å². The molecule has 15 heavy (non-hydrogen) atoms. The standard InChI is InChI=1S/C8H12N3OP3/c1-2-11-14-9-13-10-15(11)12-8-6-4-3-5-7-8/h2-7,9-10,13-14H,1H2. The maximum Gasteiger partial charge on any atom is 0.284 e. The van der Waals surface area contributed by atoms with Gasteiger partial charge < -0.3 is 4.52 Å². The van der Waals surface area contributed by atoms with Crippen molar-refractivity contribution < 1.29 is 4.52 Å². The molecule has 1 aromatic rings. The zero-order chi connectivity index (χ0) is 10.5. The van der Waals surface area contributed by atoms with E-state index in [0.29, 0.717) is 17.8 Å². The Kier molecular flexibility index (Phi) is 4.31. The van der Waals surface area contributed by atoms with Gasteiger partial charge in [-0.2, -0.15) is 0 Å². The summed E-state index contributed by atoms with van der Waals surface area (Å²) >= 11 is 0. The molecule has 1 heterocycles. The second kappa shape index (κ2) is 5.75. The third-order valence-corrected chi connectivity index (χ3v) is 6.04. The van der Waals surface area contributed by atoms with Gasteiger partial charge in [0.2, 0.25) is 0 Å². The van der Waals surface area contributed by atoms with E-state index in [4.69, 9.17) is 4.52 Å². The van der Waals surface area contributed by atoms with Crippen molar-refractivity contribution in [2.75, 3.05) is 0 Å². The molecule has 2 rings (SSSR count). The molecule has 0 aromatic heterocycles. The number of nitrogens with one attached hydrogen (secondary N) is 2. The summed E-state index contributed by atoms with van der Waals surface area (Å²) in [6, 6.07) is 9.83. The lowest BCUT2D eigenvalue weighted by molar-refractivity contribution is 0.580. The number of hydrogen-bond acceptors (Lipinski definition) is 4. The lowest BCUT2D eigenvalue weighted by atomic mass is 10.3. The monoisotopic (exact) mass is 259 g/mol. The number of hydrogen-bond donors (Lipinski definition) is 2. The van der Waals surface area contributed by atoms with Crippen LogP contribution in [0.15, 0.2) is 43.1 Å². The predicted molar refractivity (Wildman–Crippen MR) is 68.9 cm³/mol. The quantitative estimate of drug-likeness (QED) is 0.818. The molecule has 1 aromatic carbocycles. The Morgan fingerprint density at radius 3 is 2.93 bits per heavy atom. The molecule has 0 spiro atoms. The van der Waals surface area contributed by atoms with E-state index in [2.05, 4.69) is 20.7 Å². The third kappa shape index (κ3) is 3.11. The van der Waals surface area contributed by atoms with Crippen LogP contribution >= 0.6 is 26.2 Å². The topological polar surface area (TPSA) is 36.5 Å². The highest BCUT2D eigenvalue weighted by Gasteiger charge is 2.21. The van der Waals surface area contributed by atoms with E-state index in [1.807, 2.05) is 30.3 Å². The summed E-state index contributed by atoms with van der Waals surface area (Å²) in [4.78, 5) is 6.53. The van der Waals surface area contributed by atoms with Crippen LogP contribution in [0.1, 0.15) is 0 Å². The van der Waals surface area contributed by atoms with Crippen molar-refractivity contribution in [1.29, 1.82) is 0 Å². The Morgan fingerprint density at radius 1 is 1.40 bits per heavy atom. The molecule has 0 bridgehead atoms. The van der Waals surface area contributed by atoms with Gasteiger partial charge in [-0.25, -0.2) is 9.72 Å². The van der Waals surface area contributed by atoms with Gasteiger partial charge >= 0.3 is 0 Å². The SMILES string of the molecule is C=CN1PNPNP1Oc1ccccc1. The van der Waals surface area contributed by atoms with Gasteiger partial charge in [-0.15, -0.1) is 0 Å². The van der Waals surface area contributed by atoms with Crippen LogP contribution in [-0.2, 0) is 0 Å². The van der Waals surface area contributed by atoms with Crippen molar-refractivity contribution in [3.05, 3.63) is 43.1 Å². The third-order valence-electron chi connectivity index (χ3n) is 1.69. The first-order valence-electron chi connectivity index (χ1n) is 4.36. The number of para-hydroxylation sites is 1. The minimum atomic E-state index is -0.784. The first-order chi connectivity index (χ1) is 7.40. The fourth-order valence-electron chi connectivity index (χ4n) is 1.03. The summed E-state index contributed by atoms with van der Waals surface area (Å²) in [6.45, 7) is 3.77. The smallest absolute Gasteiger partial charge is 0.284 e. The van der Waals surface area contributed by atoms with Crippen LogP contribution in [-0.4, -0.2) is 4.44 Å². The maximum absolute atomic E-state index is 5.84. The zero-order valence-corrected chi connectivity index (χ0v) is 10.9. The van der Waals surface area contributed by atoms with Crippen LogP contribution in [0.25, 0.3) is 0 Å². The van der Waals surface area contributed by atoms with Crippen molar-refractivity contribution >= 4 is 26.2 Å². The Hall–Kier alpha value is -0.230. The average Bonchev–Trinajstić information content (AvgIpc) is 2.31. The van der Waals surface area contributed by atoms with Crippen LogP contribution in [0.3, 0.4) is 0 Å². The normalized spacial score (nSPS) is 24.3. The van der Waals surface area contributed by atoms with E-state index in [-0.39, 0.29) is 0 Å². The zero-order valence-electron chi connectivity index (χ0n) is 7.97. The van der Waals surface area contributed by atoms with Gasteiger partial charge in [-0.1, -0.05) is 24.8 Å². The van der Waals surface area contributed by atoms with Gasteiger partial charge in [0.05, 0.1) is 8.88 Å². The van der Waals surface area contributed by atoms with E-state index >= 15 is 0 Å².